The van der Waals surface area contributed by atoms with E-state index in [0.29, 0.717) is 18.2 Å². The summed E-state index contributed by atoms with van der Waals surface area (Å²) in [6.45, 7) is 1.05. The predicted octanol–water partition coefficient (Wildman–Crippen LogP) is 4.43. The molecule has 0 atom stereocenters. The Morgan fingerprint density at radius 2 is 1.76 bits per heavy atom. The van der Waals surface area contributed by atoms with Crippen LogP contribution in [0.5, 0.6) is 5.75 Å². The van der Waals surface area contributed by atoms with E-state index in [1.54, 1.807) is 7.11 Å². The molecule has 1 amide bonds. The first-order chi connectivity index (χ1) is 12.1. The molecule has 25 heavy (non-hydrogen) atoms. The topological polar surface area (TPSA) is 47.6 Å². The molecular formula is C20H22ClNO3. The van der Waals surface area contributed by atoms with Crippen LogP contribution in [0.15, 0.2) is 48.5 Å². The normalized spacial score (nSPS) is 15.3. The highest BCUT2D eigenvalue weighted by atomic mass is 35.5. The van der Waals surface area contributed by atoms with Crippen LogP contribution in [-0.4, -0.2) is 26.2 Å². The molecule has 2 aromatic carbocycles. The summed E-state index contributed by atoms with van der Waals surface area (Å²) >= 11 is 5.97. The van der Waals surface area contributed by atoms with E-state index >= 15 is 0 Å². The minimum Gasteiger partial charge on any atom is -0.491 e. The van der Waals surface area contributed by atoms with Gasteiger partial charge < -0.3 is 14.8 Å². The summed E-state index contributed by atoms with van der Waals surface area (Å²) in [6, 6.07) is 15.0. The molecule has 1 N–H and O–H groups in total. The maximum absolute atomic E-state index is 12.9. The van der Waals surface area contributed by atoms with E-state index in [9.17, 15) is 4.79 Å². The lowest BCUT2D eigenvalue weighted by molar-refractivity contribution is -0.124. The SMILES string of the molecule is COCCOc1ccc(NC(=O)C2(c3ccc(Cl)cc3)CCC2)cc1. The Hall–Kier alpha value is -2.04. The van der Waals surface area contributed by atoms with E-state index in [0.717, 1.165) is 36.3 Å². The van der Waals surface area contributed by atoms with Crippen molar-refractivity contribution < 1.29 is 14.3 Å². The van der Waals surface area contributed by atoms with Gasteiger partial charge in [0.25, 0.3) is 0 Å². The second kappa shape index (κ2) is 7.89. The maximum atomic E-state index is 12.9. The molecule has 0 unspecified atom stereocenters. The zero-order valence-electron chi connectivity index (χ0n) is 14.3. The maximum Gasteiger partial charge on any atom is 0.235 e. The van der Waals surface area contributed by atoms with Crippen molar-refractivity contribution in [3.05, 3.63) is 59.1 Å². The molecule has 5 heteroatoms. The molecule has 4 nitrogen and oxygen atoms in total. The monoisotopic (exact) mass is 359 g/mol. The highest BCUT2D eigenvalue weighted by Crippen LogP contribution is 2.44. The Labute approximate surface area is 153 Å². The molecule has 0 aromatic heterocycles. The van der Waals surface area contributed by atoms with Crippen molar-refractivity contribution in [1.29, 1.82) is 0 Å². The number of methoxy groups -OCH3 is 1. The second-order valence-electron chi connectivity index (χ2n) is 6.26. The number of carbonyl (C=O) groups is 1. The zero-order chi connectivity index (χ0) is 17.7. The van der Waals surface area contributed by atoms with Gasteiger partial charge in [0.2, 0.25) is 5.91 Å². The Kier molecular flexibility index (Phi) is 5.61. The van der Waals surface area contributed by atoms with Gasteiger partial charge in [-0.3, -0.25) is 4.79 Å². The van der Waals surface area contributed by atoms with Crippen LogP contribution >= 0.6 is 11.6 Å². The van der Waals surface area contributed by atoms with Crippen molar-refractivity contribution >= 4 is 23.2 Å². The van der Waals surface area contributed by atoms with Crippen molar-refractivity contribution in [3.8, 4) is 5.75 Å². The van der Waals surface area contributed by atoms with Gasteiger partial charge in [0.05, 0.1) is 12.0 Å². The van der Waals surface area contributed by atoms with Crippen molar-refractivity contribution in [2.45, 2.75) is 24.7 Å². The number of carbonyl (C=O) groups excluding carboxylic acids is 1. The van der Waals surface area contributed by atoms with Gasteiger partial charge in [-0.1, -0.05) is 30.2 Å². The summed E-state index contributed by atoms with van der Waals surface area (Å²) in [5, 5.41) is 3.72. The number of nitrogens with one attached hydrogen (secondary N) is 1. The van der Waals surface area contributed by atoms with Gasteiger partial charge in [0.1, 0.15) is 12.4 Å². The summed E-state index contributed by atoms with van der Waals surface area (Å²) in [7, 11) is 1.64. The molecule has 0 aliphatic heterocycles. The lowest BCUT2D eigenvalue weighted by Gasteiger charge is -2.40. The Morgan fingerprint density at radius 3 is 2.32 bits per heavy atom. The Balaban J connectivity index is 1.67. The van der Waals surface area contributed by atoms with Crippen molar-refractivity contribution in [3.63, 3.8) is 0 Å². The Bertz CT molecular complexity index is 709. The highest BCUT2D eigenvalue weighted by molar-refractivity contribution is 6.30. The highest BCUT2D eigenvalue weighted by Gasteiger charge is 2.45. The van der Waals surface area contributed by atoms with E-state index in [4.69, 9.17) is 21.1 Å². The van der Waals surface area contributed by atoms with Gasteiger partial charge in [0.15, 0.2) is 0 Å². The number of hydrogen-bond donors (Lipinski definition) is 1. The van der Waals surface area contributed by atoms with Gasteiger partial charge in [-0.25, -0.2) is 0 Å². The summed E-state index contributed by atoms with van der Waals surface area (Å²) < 4.78 is 10.5. The summed E-state index contributed by atoms with van der Waals surface area (Å²) in [4.78, 5) is 12.9. The summed E-state index contributed by atoms with van der Waals surface area (Å²) in [5.74, 6) is 0.792. The van der Waals surface area contributed by atoms with E-state index in [-0.39, 0.29) is 5.91 Å². The average molecular weight is 360 g/mol. The van der Waals surface area contributed by atoms with Gasteiger partial charge in [-0.05, 0) is 54.8 Å². The fourth-order valence-corrected chi connectivity index (χ4v) is 3.20. The molecule has 0 spiro atoms. The van der Waals surface area contributed by atoms with Crippen LogP contribution in [0, 0.1) is 0 Å². The van der Waals surface area contributed by atoms with Crippen molar-refractivity contribution in [1.82, 2.24) is 0 Å². The smallest absolute Gasteiger partial charge is 0.235 e. The van der Waals surface area contributed by atoms with Crippen LogP contribution < -0.4 is 10.1 Å². The molecule has 0 radical (unpaired) electrons. The Morgan fingerprint density at radius 1 is 1.08 bits per heavy atom. The van der Waals surface area contributed by atoms with E-state index in [2.05, 4.69) is 5.32 Å². The molecule has 3 rings (SSSR count). The lowest BCUT2D eigenvalue weighted by Crippen LogP contribution is -2.45. The van der Waals surface area contributed by atoms with Crippen LogP contribution in [0.2, 0.25) is 5.02 Å². The summed E-state index contributed by atoms with van der Waals surface area (Å²) in [5.41, 5.74) is 1.35. The van der Waals surface area contributed by atoms with Gasteiger partial charge in [-0.15, -0.1) is 0 Å². The quantitative estimate of drug-likeness (QED) is 0.744. The average Bonchev–Trinajstić information content (AvgIpc) is 2.57. The molecule has 0 bridgehead atoms. The molecular weight excluding hydrogens is 338 g/mol. The fraction of sp³-hybridized carbons (Fsp3) is 0.350. The molecule has 1 aliphatic rings. The number of anilines is 1. The first kappa shape index (κ1) is 17.8. The number of hydrogen-bond acceptors (Lipinski definition) is 3. The van der Waals surface area contributed by atoms with Gasteiger partial charge >= 0.3 is 0 Å². The van der Waals surface area contributed by atoms with E-state index in [1.807, 2.05) is 48.5 Å². The van der Waals surface area contributed by atoms with Gasteiger partial charge in [-0.2, -0.15) is 0 Å². The van der Waals surface area contributed by atoms with Crippen LogP contribution in [0.4, 0.5) is 5.69 Å². The first-order valence-electron chi connectivity index (χ1n) is 8.43. The summed E-state index contributed by atoms with van der Waals surface area (Å²) in [6.07, 6.45) is 2.78. The zero-order valence-corrected chi connectivity index (χ0v) is 15.0. The fourth-order valence-electron chi connectivity index (χ4n) is 3.07. The lowest BCUT2D eigenvalue weighted by atomic mass is 9.64. The van der Waals surface area contributed by atoms with Crippen LogP contribution in [0.3, 0.4) is 0 Å². The van der Waals surface area contributed by atoms with Crippen LogP contribution in [0.1, 0.15) is 24.8 Å². The van der Waals surface area contributed by atoms with E-state index in [1.165, 1.54) is 0 Å². The minimum atomic E-state index is -0.446. The van der Waals surface area contributed by atoms with Crippen LogP contribution in [-0.2, 0) is 14.9 Å². The number of benzene rings is 2. The number of amides is 1. The number of rotatable bonds is 7. The third-order valence-electron chi connectivity index (χ3n) is 4.71. The first-order valence-corrected chi connectivity index (χ1v) is 8.81. The molecule has 1 saturated carbocycles. The van der Waals surface area contributed by atoms with E-state index < -0.39 is 5.41 Å². The molecule has 0 heterocycles. The molecule has 1 aliphatic carbocycles. The molecule has 132 valence electrons. The second-order valence-corrected chi connectivity index (χ2v) is 6.70. The third-order valence-corrected chi connectivity index (χ3v) is 4.96. The molecule has 0 saturated heterocycles. The number of ether oxygens (including phenoxy) is 2. The minimum absolute atomic E-state index is 0.0362. The van der Waals surface area contributed by atoms with Crippen molar-refractivity contribution in [2.24, 2.45) is 0 Å². The largest absolute Gasteiger partial charge is 0.491 e. The standard InChI is InChI=1S/C20H22ClNO3/c1-24-13-14-25-18-9-7-17(8-10-18)22-19(23)20(11-2-12-20)15-3-5-16(21)6-4-15/h3-10H,2,11-14H2,1H3,(H,22,23). The van der Waals surface area contributed by atoms with Gasteiger partial charge in [0, 0.05) is 17.8 Å². The number of halogens is 1. The van der Waals surface area contributed by atoms with Crippen LogP contribution in [0.25, 0.3) is 0 Å². The van der Waals surface area contributed by atoms with Crippen molar-refractivity contribution in [2.75, 3.05) is 25.6 Å². The predicted molar refractivity (Wildman–Crippen MR) is 99.4 cm³/mol. The molecule has 2 aromatic rings. The molecule has 1 fully saturated rings. The third kappa shape index (κ3) is 3.97.